The molecule has 0 aliphatic heterocycles. The zero-order valence-electron chi connectivity index (χ0n) is 25.7. The monoisotopic (exact) mass is 603 g/mol. The molecule has 1 atom stereocenters. The number of halogens is 1. The molecule has 1 rings (SSSR count). The summed E-state index contributed by atoms with van der Waals surface area (Å²) in [5, 5.41) is 4.24. The lowest BCUT2D eigenvalue weighted by atomic mass is 10.0. The van der Waals surface area contributed by atoms with Crippen LogP contribution >= 0.6 is 11.3 Å². The molecule has 0 spiro atoms. The maximum absolute atomic E-state index is 13.4. The molecule has 0 aliphatic rings. The molecule has 0 saturated carbocycles. The van der Waals surface area contributed by atoms with Crippen molar-refractivity contribution >= 4 is 23.6 Å². The first-order valence-electron chi connectivity index (χ1n) is 15.9. The number of aromatic nitrogens is 1. The van der Waals surface area contributed by atoms with E-state index in [1.807, 2.05) is 0 Å². The Morgan fingerprint density at radius 3 is 1.98 bits per heavy atom. The summed E-state index contributed by atoms with van der Waals surface area (Å²) in [5.41, 5.74) is 0. The van der Waals surface area contributed by atoms with Crippen LogP contribution in [0.1, 0.15) is 122 Å². The van der Waals surface area contributed by atoms with Crippen molar-refractivity contribution < 1.29 is 37.5 Å². The number of rotatable bonds is 27. The van der Waals surface area contributed by atoms with E-state index >= 15 is 0 Å². The highest BCUT2D eigenvalue weighted by Gasteiger charge is 2.18. The Balaban J connectivity index is 1.97. The van der Waals surface area contributed by atoms with Gasteiger partial charge in [-0.25, -0.2) is 9.59 Å². The molecule has 8 nitrogen and oxygen atoms in total. The molecule has 1 amide bonds. The van der Waals surface area contributed by atoms with Gasteiger partial charge in [-0.1, -0.05) is 103 Å². The van der Waals surface area contributed by atoms with Gasteiger partial charge in [0.2, 0.25) is 0 Å². The van der Waals surface area contributed by atoms with Gasteiger partial charge < -0.3 is 24.3 Å². The second-order valence-electron chi connectivity index (χ2n) is 10.7. The molecular weight excluding hydrogens is 547 g/mol. The quantitative estimate of drug-likeness (QED) is 0.0621. The number of carbonyl (C=O) groups excluding carboxylic acids is 2. The maximum Gasteiger partial charge on any atom is 0.508 e. The normalized spacial score (nSPS) is 11.8. The SMILES string of the molecule is CCCCCCCCCCCCCCCCCCNC(=O)OCC(COCCCC[n+]1ccsc1F)OC(=O)OC. The minimum Gasteiger partial charge on any atom is -0.446 e. The molecule has 0 fully saturated rings. The number of nitrogens with zero attached hydrogens (tertiary/aromatic N) is 1. The largest absolute Gasteiger partial charge is 0.508 e. The van der Waals surface area contributed by atoms with Crippen LogP contribution in [-0.2, 0) is 25.5 Å². The van der Waals surface area contributed by atoms with Crippen LogP contribution in [0.2, 0.25) is 0 Å². The number of carbonyl (C=O) groups is 2. The van der Waals surface area contributed by atoms with Crippen LogP contribution in [0.3, 0.4) is 0 Å². The molecular formula is C31H56FN2O6S+. The highest BCUT2D eigenvalue weighted by atomic mass is 32.1. The lowest BCUT2D eigenvalue weighted by Crippen LogP contribution is -2.35. The smallest absolute Gasteiger partial charge is 0.446 e. The predicted octanol–water partition coefficient (Wildman–Crippen LogP) is 8.11. The number of thiazole rings is 1. The third-order valence-corrected chi connectivity index (χ3v) is 7.69. The number of ether oxygens (including phenoxy) is 4. The second-order valence-corrected chi connectivity index (χ2v) is 11.5. The minimum atomic E-state index is -0.861. The van der Waals surface area contributed by atoms with Crippen molar-refractivity contribution in [2.45, 2.75) is 135 Å². The fourth-order valence-corrected chi connectivity index (χ4v) is 5.14. The second kappa shape index (κ2) is 26.9. The topological polar surface area (TPSA) is 87.0 Å². The summed E-state index contributed by atoms with van der Waals surface area (Å²) in [6.07, 6.45) is 21.9. The summed E-state index contributed by atoms with van der Waals surface area (Å²) in [6.45, 7) is 3.75. The molecule has 1 unspecified atom stereocenters. The average molecular weight is 604 g/mol. The van der Waals surface area contributed by atoms with Crippen LogP contribution < -0.4 is 9.88 Å². The van der Waals surface area contributed by atoms with Crippen molar-refractivity contribution in [2.75, 3.05) is 33.5 Å². The number of unbranched alkanes of at least 4 members (excludes halogenated alkanes) is 16. The third kappa shape index (κ3) is 22.3. The first-order valence-corrected chi connectivity index (χ1v) is 16.8. The first-order chi connectivity index (χ1) is 20.1. The number of amides is 1. The zero-order valence-corrected chi connectivity index (χ0v) is 26.5. The highest BCUT2D eigenvalue weighted by Crippen LogP contribution is 2.13. The van der Waals surface area contributed by atoms with Gasteiger partial charge in [0.15, 0.2) is 18.8 Å². The lowest BCUT2D eigenvalue weighted by molar-refractivity contribution is -0.718. The Kier molecular flexibility index (Phi) is 24.4. The van der Waals surface area contributed by atoms with Crippen molar-refractivity contribution in [3.05, 3.63) is 16.8 Å². The van der Waals surface area contributed by atoms with Crippen LogP contribution in [-0.4, -0.2) is 51.8 Å². The number of aryl methyl sites for hydroxylation is 1. The molecule has 41 heavy (non-hydrogen) atoms. The van der Waals surface area contributed by atoms with Gasteiger partial charge >= 0.3 is 17.5 Å². The fourth-order valence-electron chi connectivity index (χ4n) is 4.53. The first kappa shape index (κ1) is 37.1. The minimum absolute atomic E-state index is 0.0709. The Morgan fingerprint density at radius 1 is 0.854 bits per heavy atom. The van der Waals surface area contributed by atoms with Gasteiger partial charge in [0.05, 0.1) is 19.1 Å². The third-order valence-electron chi connectivity index (χ3n) is 7.00. The summed E-state index contributed by atoms with van der Waals surface area (Å²) < 4.78 is 35.4. The molecule has 0 radical (unpaired) electrons. The number of hydrogen-bond donors (Lipinski definition) is 1. The van der Waals surface area contributed by atoms with Crippen LogP contribution in [0.25, 0.3) is 0 Å². The van der Waals surface area contributed by atoms with Gasteiger partial charge in [-0.05, 0) is 24.2 Å². The Labute approximate surface area is 251 Å². The van der Waals surface area contributed by atoms with E-state index < -0.39 is 18.4 Å². The van der Waals surface area contributed by atoms with Gasteiger partial charge in [-0.2, -0.15) is 4.57 Å². The van der Waals surface area contributed by atoms with Crippen LogP contribution in [0.4, 0.5) is 14.0 Å². The molecule has 1 heterocycles. The Bertz CT molecular complexity index is 767. The van der Waals surface area contributed by atoms with Gasteiger partial charge in [-0.3, -0.25) is 0 Å². The van der Waals surface area contributed by atoms with Gasteiger partial charge in [0.25, 0.3) is 0 Å². The number of methoxy groups -OCH3 is 1. The molecule has 1 aromatic rings. The molecule has 0 bridgehead atoms. The van der Waals surface area contributed by atoms with Crippen molar-refractivity contribution in [1.82, 2.24) is 5.32 Å². The van der Waals surface area contributed by atoms with E-state index in [9.17, 15) is 14.0 Å². The van der Waals surface area contributed by atoms with E-state index in [0.717, 1.165) is 30.6 Å². The van der Waals surface area contributed by atoms with Crippen molar-refractivity contribution in [2.24, 2.45) is 0 Å². The predicted molar refractivity (Wildman–Crippen MR) is 161 cm³/mol. The van der Waals surface area contributed by atoms with Crippen LogP contribution in [0, 0.1) is 5.26 Å². The Morgan fingerprint density at radius 2 is 1.44 bits per heavy atom. The van der Waals surface area contributed by atoms with Crippen molar-refractivity contribution in [1.29, 1.82) is 0 Å². The molecule has 0 saturated heterocycles. The summed E-state index contributed by atoms with van der Waals surface area (Å²) in [6, 6.07) is 0. The summed E-state index contributed by atoms with van der Waals surface area (Å²) in [4.78, 5) is 23.6. The van der Waals surface area contributed by atoms with E-state index in [-0.39, 0.29) is 18.5 Å². The van der Waals surface area contributed by atoms with E-state index in [4.69, 9.17) is 14.2 Å². The molecule has 238 valence electrons. The highest BCUT2D eigenvalue weighted by molar-refractivity contribution is 7.07. The molecule has 1 aromatic heterocycles. The van der Waals surface area contributed by atoms with E-state index in [2.05, 4.69) is 17.0 Å². The van der Waals surface area contributed by atoms with Gasteiger partial charge in [-0.15, -0.1) is 4.39 Å². The molecule has 1 N–H and O–H groups in total. The Hall–Kier alpha value is -1.94. The molecule has 0 aromatic carbocycles. The van der Waals surface area contributed by atoms with Crippen LogP contribution in [0.15, 0.2) is 11.6 Å². The van der Waals surface area contributed by atoms with Crippen LogP contribution in [0.5, 0.6) is 0 Å². The number of alkyl carbamates (subject to hydrolysis) is 1. The summed E-state index contributed by atoms with van der Waals surface area (Å²) >= 11 is 1.07. The van der Waals surface area contributed by atoms with Gasteiger partial charge in [0.1, 0.15) is 6.61 Å². The van der Waals surface area contributed by atoms with Crippen molar-refractivity contribution in [3.63, 3.8) is 0 Å². The van der Waals surface area contributed by atoms with E-state index in [0.29, 0.717) is 26.1 Å². The standard InChI is InChI=1S/C31H55FN2O6S/c1-3-4-5-6-7-8-9-10-11-12-13-14-15-16-17-18-21-33-30(35)39-27-28(40-31(36)37-2)26-38-24-20-19-22-34-23-25-41-29(34)32/h23,25,28H,3-22,24,26-27H2,1-2H3/p+1. The summed E-state index contributed by atoms with van der Waals surface area (Å²) in [5.74, 6) is 0. The van der Waals surface area contributed by atoms with Gasteiger partial charge in [0, 0.05) is 19.6 Å². The number of hydrogen-bond acceptors (Lipinski definition) is 7. The van der Waals surface area contributed by atoms with E-state index in [1.54, 1.807) is 16.1 Å². The lowest BCUT2D eigenvalue weighted by Gasteiger charge is -2.17. The maximum atomic E-state index is 13.4. The van der Waals surface area contributed by atoms with Crippen molar-refractivity contribution in [3.8, 4) is 0 Å². The number of nitrogens with one attached hydrogen (secondary N) is 1. The summed E-state index contributed by atoms with van der Waals surface area (Å²) in [7, 11) is 1.22. The average Bonchev–Trinajstić information content (AvgIpc) is 3.39. The fraction of sp³-hybridized carbons (Fsp3) is 0.839. The molecule has 10 heteroatoms. The zero-order chi connectivity index (χ0) is 29.8. The van der Waals surface area contributed by atoms with E-state index in [1.165, 1.54) is 97.0 Å². The molecule has 0 aliphatic carbocycles.